The Morgan fingerprint density at radius 1 is 1.03 bits per heavy atom. The number of nitriles is 1. The second kappa shape index (κ2) is 7.82. The van der Waals surface area contributed by atoms with Crippen molar-refractivity contribution < 1.29 is 22.7 Å². The lowest BCUT2D eigenvalue weighted by atomic mass is 9.85. The van der Waals surface area contributed by atoms with Gasteiger partial charge in [-0.15, -0.1) is 0 Å². The van der Waals surface area contributed by atoms with E-state index >= 15 is 0 Å². The molecule has 1 aliphatic rings. The molecule has 1 aromatic heterocycles. The summed E-state index contributed by atoms with van der Waals surface area (Å²) in [5.74, 6) is -0.564. The van der Waals surface area contributed by atoms with E-state index in [0.29, 0.717) is 27.9 Å². The molecule has 4 nitrogen and oxygen atoms in total. The Bertz CT molecular complexity index is 1440. The molecule has 0 radical (unpaired) electrons. The van der Waals surface area contributed by atoms with E-state index in [-0.39, 0.29) is 12.0 Å². The van der Waals surface area contributed by atoms with Gasteiger partial charge in [-0.1, -0.05) is 36.4 Å². The summed E-state index contributed by atoms with van der Waals surface area (Å²) >= 11 is 0. The van der Waals surface area contributed by atoms with Crippen molar-refractivity contribution >= 4 is 0 Å². The topological polar surface area (TPSA) is 61.8 Å². The summed E-state index contributed by atoms with van der Waals surface area (Å²) in [5.41, 5.74) is -0.0263. The van der Waals surface area contributed by atoms with Crippen molar-refractivity contribution in [3.63, 3.8) is 0 Å². The van der Waals surface area contributed by atoms with E-state index in [1.165, 1.54) is 30.7 Å². The minimum atomic E-state index is -4.47. The smallest absolute Gasteiger partial charge is 0.379 e. The van der Waals surface area contributed by atoms with Gasteiger partial charge in [0.2, 0.25) is 0 Å². The Morgan fingerprint density at radius 2 is 1.76 bits per heavy atom. The molecule has 8 heteroatoms. The molecule has 0 saturated carbocycles. The summed E-state index contributed by atoms with van der Waals surface area (Å²) in [4.78, 5) is 4.13. The maximum absolute atomic E-state index is 14.8. The van der Waals surface area contributed by atoms with Gasteiger partial charge >= 0.3 is 6.18 Å². The number of aromatic nitrogens is 2. The zero-order valence-corrected chi connectivity index (χ0v) is 17.6. The molecule has 170 valence electrons. The van der Waals surface area contributed by atoms with Gasteiger partial charge in [0.1, 0.15) is 11.4 Å². The van der Waals surface area contributed by atoms with Crippen molar-refractivity contribution in [2.24, 2.45) is 0 Å². The number of halogens is 4. The summed E-state index contributed by atoms with van der Waals surface area (Å²) < 4.78 is 56.0. The molecule has 0 amide bonds. The van der Waals surface area contributed by atoms with E-state index in [2.05, 4.69) is 4.98 Å². The molecule has 0 bridgehead atoms. The molecule has 0 spiro atoms. The highest BCUT2D eigenvalue weighted by Gasteiger charge is 2.45. The first-order valence-corrected chi connectivity index (χ1v) is 10.4. The first-order valence-electron chi connectivity index (χ1n) is 10.4. The number of benzene rings is 3. The third-order valence-electron chi connectivity index (χ3n) is 6.27. The van der Waals surface area contributed by atoms with Crippen LogP contribution >= 0.6 is 0 Å². The van der Waals surface area contributed by atoms with Crippen LogP contribution in [0.2, 0.25) is 0 Å². The molecule has 0 fully saturated rings. The molecule has 3 aromatic carbocycles. The summed E-state index contributed by atoms with van der Waals surface area (Å²) in [7, 11) is 0. The van der Waals surface area contributed by atoms with Gasteiger partial charge < -0.3 is 9.67 Å². The fourth-order valence-electron chi connectivity index (χ4n) is 4.58. The van der Waals surface area contributed by atoms with Gasteiger partial charge in [-0.3, -0.25) is 0 Å². The van der Waals surface area contributed by atoms with Crippen molar-refractivity contribution in [1.82, 2.24) is 9.55 Å². The number of fused-ring (bicyclic) bond motifs is 1. The lowest BCUT2D eigenvalue weighted by molar-refractivity contribution is -0.137. The van der Waals surface area contributed by atoms with Crippen LogP contribution in [-0.4, -0.2) is 14.7 Å². The van der Waals surface area contributed by atoms with E-state index < -0.39 is 29.2 Å². The molecule has 5 rings (SSSR count). The summed E-state index contributed by atoms with van der Waals surface area (Å²) in [6.45, 7) is 0. The average molecular weight is 463 g/mol. The normalized spacial score (nSPS) is 19.6. The van der Waals surface area contributed by atoms with Crippen LogP contribution in [0, 0.1) is 17.1 Å². The predicted octanol–water partition coefficient (Wildman–Crippen LogP) is 5.81. The number of hydrogen-bond donors (Lipinski definition) is 1. The van der Waals surface area contributed by atoms with Gasteiger partial charge in [0.15, 0.2) is 0 Å². The van der Waals surface area contributed by atoms with E-state index in [4.69, 9.17) is 5.26 Å². The number of imidazole rings is 1. The van der Waals surface area contributed by atoms with Crippen LogP contribution in [0.3, 0.4) is 0 Å². The van der Waals surface area contributed by atoms with E-state index in [1.54, 1.807) is 34.9 Å². The summed E-state index contributed by atoms with van der Waals surface area (Å²) in [6.07, 6.45) is -1.37. The van der Waals surface area contributed by atoms with Crippen LogP contribution in [0.1, 0.15) is 40.4 Å². The van der Waals surface area contributed by atoms with Crippen LogP contribution in [0.15, 0.2) is 79.3 Å². The maximum Gasteiger partial charge on any atom is 0.416 e. The number of nitrogens with zero attached hydrogens (tertiary/aromatic N) is 3. The Kier molecular flexibility index (Phi) is 5.03. The molecule has 0 aliphatic carbocycles. The largest absolute Gasteiger partial charge is 0.416 e. The fraction of sp³-hybridized carbons (Fsp3) is 0.154. The monoisotopic (exact) mass is 463 g/mol. The van der Waals surface area contributed by atoms with Crippen molar-refractivity contribution in [3.8, 4) is 17.2 Å². The molecule has 2 unspecified atom stereocenters. The fourth-order valence-corrected chi connectivity index (χ4v) is 4.58. The Morgan fingerprint density at radius 3 is 2.47 bits per heavy atom. The van der Waals surface area contributed by atoms with Crippen LogP contribution in [-0.2, 0) is 11.8 Å². The Labute approximate surface area is 192 Å². The molecule has 1 aliphatic heterocycles. The quantitative estimate of drug-likeness (QED) is 0.390. The van der Waals surface area contributed by atoms with Crippen LogP contribution in [0.4, 0.5) is 17.6 Å². The van der Waals surface area contributed by atoms with Gasteiger partial charge in [-0.2, -0.15) is 18.4 Å². The van der Waals surface area contributed by atoms with Gasteiger partial charge in [-0.25, -0.2) is 9.37 Å². The molecule has 0 saturated heterocycles. The average Bonchev–Trinajstić information content (AvgIpc) is 3.42. The molecule has 34 heavy (non-hydrogen) atoms. The molecular weight excluding hydrogens is 446 g/mol. The van der Waals surface area contributed by atoms with Gasteiger partial charge in [-0.05, 0) is 47.0 Å². The minimum absolute atomic E-state index is 0.0969. The molecule has 4 aromatic rings. The highest BCUT2D eigenvalue weighted by atomic mass is 19.4. The van der Waals surface area contributed by atoms with Crippen LogP contribution in [0.5, 0.6) is 0 Å². The van der Waals surface area contributed by atoms with Gasteiger partial charge in [0, 0.05) is 12.0 Å². The number of hydrogen-bond acceptors (Lipinski definition) is 3. The van der Waals surface area contributed by atoms with Gasteiger partial charge in [0.25, 0.3) is 0 Å². The minimum Gasteiger partial charge on any atom is -0.379 e. The van der Waals surface area contributed by atoms with E-state index in [0.717, 1.165) is 18.2 Å². The maximum atomic E-state index is 14.8. The highest BCUT2D eigenvalue weighted by Crippen LogP contribution is 2.47. The lowest BCUT2D eigenvalue weighted by Gasteiger charge is -2.24. The first kappa shape index (κ1) is 21.9. The van der Waals surface area contributed by atoms with Crippen LogP contribution < -0.4 is 0 Å². The van der Waals surface area contributed by atoms with Crippen molar-refractivity contribution in [1.29, 1.82) is 5.26 Å². The number of aliphatic hydroxyl groups is 1. The number of rotatable bonds is 3. The second-order valence-electron chi connectivity index (χ2n) is 8.27. The molecule has 2 heterocycles. The predicted molar refractivity (Wildman–Crippen MR) is 116 cm³/mol. The molecule has 1 N–H and O–H groups in total. The molecular formula is C26H17F4N3O. The highest BCUT2D eigenvalue weighted by molar-refractivity contribution is 5.66. The Hall–Kier alpha value is -3.96. The first-order chi connectivity index (χ1) is 16.2. The third-order valence-corrected chi connectivity index (χ3v) is 6.27. The zero-order chi connectivity index (χ0) is 24.1. The SMILES string of the molecule is N#Cc1ccc(C2CC(O)(c3cccc(-c4cccc(C(F)(F)F)c4)c3)c3cncn32)c(F)c1. The lowest BCUT2D eigenvalue weighted by Crippen LogP contribution is -2.24. The van der Waals surface area contributed by atoms with Crippen LogP contribution in [0.25, 0.3) is 11.1 Å². The zero-order valence-electron chi connectivity index (χ0n) is 17.6. The van der Waals surface area contributed by atoms with E-state index in [1.807, 2.05) is 6.07 Å². The van der Waals surface area contributed by atoms with Gasteiger partial charge in [0.05, 0.1) is 41.5 Å². The standard InChI is InChI=1S/C26H17F4N3O/c27-22-9-16(13-31)7-8-21(22)23-12-25(34,24-14-32-15-33(23)24)19-5-1-3-17(10-19)18-4-2-6-20(11-18)26(28,29)30/h1-11,14-15,23,34H,12H2. The number of alkyl halides is 3. The third kappa shape index (κ3) is 3.55. The van der Waals surface area contributed by atoms with E-state index in [9.17, 15) is 22.7 Å². The summed E-state index contributed by atoms with van der Waals surface area (Å²) in [6, 6.07) is 17.2. The van der Waals surface area contributed by atoms with Crippen molar-refractivity contribution in [2.45, 2.75) is 24.2 Å². The summed E-state index contributed by atoms with van der Waals surface area (Å²) in [5, 5.41) is 20.8. The second-order valence-corrected chi connectivity index (χ2v) is 8.27. The van der Waals surface area contributed by atoms with Crippen molar-refractivity contribution in [2.75, 3.05) is 0 Å². The van der Waals surface area contributed by atoms with Crippen molar-refractivity contribution in [3.05, 3.63) is 113 Å². The molecule has 2 atom stereocenters. The Balaban J connectivity index is 1.56.